The van der Waals surface area contributed by atoms with Crippen LogP contribution >= 0.6 is 0 Å². The standard InChI is InChI=1S/C19H19FN6O4S/c20-15-3-1-6-18(11-15)31(28,29)25-9-7-24(8-10-25)19(27)13-30-17-5-2-4-16(12-17)26-14-21-22-23-26/h1-6,11-12,14H,7-10,13H2. The van der Waals surface area contributed by atoms with Crippen LogP contribution in [0.5, 0.6) is 5.75 Å². The maximum atomic E-state index is 13.4. The Bertz CT molecular complexity index is 1160. The van der Waals surface area contributed by atoms with Gasteiger partial charge in [-0.25, -0.2) is 17.5 Å². The first-order valence-electron chi connectivity index (χ1n) is 9.43. The van der Waals surface area contributed by atoms with Crippen LogP contribution in [0.15, 0.2) is 59.8 Å². The molecule has 10 nitrogen and oxygen atoms in total. The summed E-state index contributed by atoms with van der Waals surface area (Å²) in [4.78, 5) is 13.9. The van der Waals surface area contributed by atoms with Gasteiger partial charge < -0.3 is 9.64 Å². The van der Waals surface area contributed by atoms with Crippen molar-refractivity contribution in [3.63, 3.8) is 0 Å². The molecule has 31 heavy (non-hydrogen) atoms. The lowest BCUT2D eigenvalue weighted by molar-refractivity contribution is -0.134. The number of hydrogen-bond acceptors (Lipinski definition) is 7. The molecule has 2 aromatic carbocycles. The van der Waals surface area contributed by atoms with Crippen molar-refractivity contribution in [2.24, 2.45) is 0 Å². The lowest BCUT2D eigenvalue weighted by atomic mass is 10.3. The molecule has 12 heteroatoms. The Kier molecular flexibility index (Phi) is 5.91. The molecular weight excluding hydrogens is 427 g/mol. The number of piperazine rings is 1. The average molecular weight is 446 g/mol. The van der Waals surface area contributed by atoms with Gasteiger partial charge in [-0.05, 0) is 40.8 Å². The fourth-order valence-corrected chi connectivity index (χ4v) is 4.64. The van der Waals surface area contributed by atoms with Crippen molar-refractivity contribution >= 4 is 15.9 Å². The molecule has 162 valence electrons. The Balaban J connectivity index is 1.32. The van der Waals surface area contributed by atoms with Gasteiger partial charge in [-0.15, -0.1) is 5.10 Å². The summed E-state index contributed by atoms with van der Waals surface area (Å²) in [6.45, 7) is 0.511. The molecule has 0 bridgehead atoms. The molecule has 1 fully saturated rings. The minimum atomic E-state index is -3.81. The number of halogens is 1. The van der Waals surface area contributed by atoms with Crippen LogP contribution in [-0.4, -0.2) is 76.5 Å². The first-order valence-corrected chi connectivity index (χ1v) is 10.9. The second kappa shape index (κ2) is 8.78. The Hall–Kier alpha value is -3.38. The monoisotopic (exact) mass is 446 g/mol. The molecule has 1 saturated heterocycles. The van der Waals surface area contributed by atoms with E-state index in [9.17, 15) is 17.6 Å². The van der Waals surface area contributed by atoms with E-state index in [1.165, 1.54) is 33.5 Å². The molecule has 0 atom stereocenters. The minimum absolute atomic E-state index is 0.0990. The summed E-state index contributed by atoms with van der Waals surface area (Å²) in [5.41, 5.74) is 0.686. The molecule has 0 aliphatic carbocycles. The van der Waals surface area contributed by atoms with Gasteiger partial charge in [0.2, 0.25) is 10.0 Å². The topological polar surface area (TPSA) is 111 Å². The molecule has 0 unspecified atom stereocenters. The van der Waals surface area contributed by atoms with Gasteiger partial charge in [-0.2, -0.15) is 4.31 Å². The van der Waals surface area contributed by atoms with Crippen molar-refractivity contribution in [3.05, 3.63) is 60.7 Å². The number of tetrazole rings is 1. The average Bonchev–Trinajstić information content (AvgIpc) is 3.33. The quantitative estimate of drug-likeness (QED) is 0.548. The largest absolute Gasteiger partial charge is 0.484 e. The number of aromatic nitrogens is 4. The molecule has 4 rings (SSSR count). The zero-order valence-electron chi connectivity index (χ0n) is 16.3. The highest BCUT2D eigenvalue weighted by Crippen LogP contribution is 2.19. The van der Waals surface area contributed by atoms with Gasteiger partial charge >= 0.3 is 0 Å². The third kappa shape index (κ3) is 4.70. The van der Waals surface area contributed by atoms with Gasteiger partial charge in [-0.3, -0.25) is 4.79 Å². The van der Waals surface area contributed by atoms with Crippen LogP contribution < -0.4 is 4.74 Å². The Morgan fingerprint density at radius 2 is 1.84 bits per heavy atom. The van der Waals surface area contributed by atoms with Gasteiger partial charge in [0.25, 0.3) is 5.91 Å². The Morgan fingerprint density at radius 1 is 1.06 bits per heavy atom. The van der Waals surface area contributed by atoms with Crippen molar-refractivity contribution in [1.82, 2.24) is 29.4 Å². The van der Waals surface area contributed by atoms with Crippen LogP contribution in [0.2, 0.25) is 0 Å². The molecule has 2 heterocycles. The van der Waals surface area contributed by atoms with E-state index < -0.39 is 15.8 Å². The molecule has 3 aromatic rings. The van der Waals surface area contributed by atoms with Gasteiger partial charge in [0.15, 0.2) is 6.61 Å². The summed E-state index contributed by atoms with van der Waals surface area (Å²) < 4.78 is 47.1. The van der Waals surface area contributed by atoms with E-state index in [4.69, 9.17) is 4.74 Å². The van der Waals surface area contributed by atoms with Crippen molar-refractivity contribution in [1.29, 1.82) is 0 Å². The Labute approximate surface area is 177 Å². The fourth-order valence-electron chi connectivity index (χ4n) is 3.19. The van der Waals surface area contributed by atoms with Crippen LogP contribution in [0, 0.1) is 5.82 Å². The van der Waals surface area contributed by atoms with Crippen LogP contribution in [0.25, 0.3) is 5.69 Å². The third-order valence-electron chi connectivity index (χ3n) is 4.82. The second-order valence-corrected chi connectivity index (χ2v) is 8.72. The molecule has 0 saturated carbocycles. The number of ether oxygens (including phenoxy) is 1. The van der Waals surface area contributed by atoms with Crippen molar-refractivity contribution in [2.45, 2.75) is 4.90 Å². The summed E-state index contributed by atoms with van der Waals surface area (Å²) >= 11 is 0. The highest BCUT2D eigenvalue weighted by atomic mass is 32.2. The van der Waals surface area contributed by atoms with Gasteiger partial charge in [0.1, 0.15) is 17.9 Å². The normalized spacial score (nSPS) is 15.1. The summed E-state index contributed by atoms with van der Waals surface area (Å²) in [7, 11) is -3.81. The van der Waals surface area contributed by atoms with Crippen LogP contribution in [0.4, 0.5) is 4.39 Å². The van der Waals surface area contributed by atoms with E-state index in [1.54, 1.807) is 29.2 Å². The number of amides is 1. The lowest BCUT2D eigenvalue weighted by Crippen LogP contribution is -2.51. The summed E-state index contributed by atoms with van der Waals surface area (Å²) in [5, 5.41) is 11.0. The molecular formula is C19H19FN6O4S. The number of hydrogen-bond donors (Lipinski definition) is 0. The molecule has 1 aromatic heterocycles. The summed E-state index contributed by atoms with van der Waals surface area (Å²) in [6.07, 6.45) is 1.45. The number of carbonyl (C=O) groups excluding carboxylic acids is 1. The predicted molar refractivity (Wildman–Crippen MR) is 106 cm³/mol. The predicted octanol–water partition coefficient (Wildman–Crippen LogP) is 0.713. The van der Waals surface area contributed by atoms with E-state index >= 15 is 0 Å². The highest BCUT2D eigenvalue weighted by Gasteiger charge is 2.30. The zero-order valence-corrected chi connectivity index (χ0v) is 17.2. The van der Waals surface area contributed by atoms with Gasteiger partial charge in [0.05, 0.1) is 10.6 Å². The number of benzene rings is 2. The van der Waals surface area contributed by atoms with Gasteiger partial charge in [0, 0.05) is 32.2 Å². The number of rotatable bonds is 6. The molecule has 0 N–H and O–H groups in total. The minimum Gasteiger partial charge on any atom is -0.484 e. The first-order chi connectivity index (χ1) is 14.9. The maximum absolute atomic E-state index is 13.4. The van der Waals surface area contributed by atoms with Crippen molar-refractivity contribution in [3.8, 4) is 11.4 Å². The highest BCUT2D eigenvalue weighted by molar-refractivity contribution is 7.89. The molecule has 0 spiro atoms. The number of carbonyl (C=O) groups is 1. The maximum Gasteiger partial charge on any atom is 0.260 e. The van der Waals surface area contributed by atoms with Gasteiger partial charge in [-0.1, -0.05) is 12.1 Å². The second-order valence-electron chi connectivity index (χ2n) is 6.78. The van der Waals surface area contributed by atoms with E-state index in [0.29, 0.717) is 11.4 Å². The number of nitrogens with zero attached hydrogens (tertiary/aromatic N) is 6. The number of sulfonamides is 1. The van der Waals surface area contributed by atoms with Crippen LogP contribution in [-0.2, 0) is 14.8 Å². The lowest BCUT2D eigenvalue weighted by Gasteiger charge is -2.34. The summed E-state index contributed by atoms with van der Waals surface area (Å²) in [6, 6.07) is 11.9. The van der Waals surface area contributed by atoms with E-state index in [0.717, 1.165) is 6.07 Å². The van der Waals surface area contributed by atoms with Crippen LogP contribution in [0.1, 0.15) is 0 Å². The zero-order chi connectivity index (χ0) is 21.8. The first kappa shape index (κ1) is 20.9. The third-order valence-corrected chi connectivity index (χ3v) is 6.71. The van der Waals surface area contributed by atoms with Crippen molar-refractivity contribution < 1.29 is 22.3 Å². The molecule has 1 amide bonds. The van der Waals surface area contributed by atoms with Crippen molar-refractivity contribution in [2.75, 3.05) is 32.8 Å². The van der Waals surface area contributed by atoms with Crippen LogP contribution in [0.3, 0.4) is 0 Å². The molecule has 1 aliphatic heterocycles. The Morgan fingerprint density at radius 3 is 2.55 bits per heavy atom. The molecule has 0 radical (unpaired) electrons. The smallest absolute Gasteiger partial charge is 0.260 e. The molecule has 1 aliphatic rings. The van der Waals surface area contributed by atoms with E-state index in [1.807, 2.05) is 0 Å². The summed E-state index contributed by atoms with van der Waals surface area (Å²) in [5.74, 6) is -0.388. The fraction of sp³-hybridized carbons (Fsp3) is 0.263. The SMILES string of the molecule is O=C(COc1cccc(-n2cnnn2)c1)N1CCN(S(=O)(=O)c2cccc(F)c2)CC1. The van der Waals surface area contributed by atoms with E-state index in [2.05, 4.69) is 15.5 Å². The van der Waals surface area contributed by atoms with E-state index in [-0.39, 0.29) is 43.6 Å².